The van der Waals surface area contributed by atoms with Crippen molar-refractivity contribution in [1.82, 2.24) is 20.3 Å². The summed E-state index contributed by atoms with van der Waals surface area (Å²) in [5.74, 6) is 0. The third-order valence-electron chi connectivity index (χ3n) is 4.88. The van der Waals surface area contributed by atoms with Crippen LogP contribution in [0, 0.1) is 6.92 Å². The summed E-state index contributed by atoms with van der Waals surface area (Å²) in [6, 6.07) is 12.8. The Hall–Kier alpha value is -2.24. The first-order chi connectivity index (χ1) is 11.2. The Morgan fingerprint density at radius 2 is 2.13 bits per heavy atom. The van der Waals surface area contributed by atoms with Crippen LogP contribution in [0.25, 0.3) is 10.8 Å². The SMILES string of the molecule is Cc1ccc2ccccc2c1CN1CC[C@@](O)(c2cn[nH]n2)C1. The summed E-state index contributed by atoms with van der Waals surface area (Å²) < 4.78 is 0. The molecule has 0 unspecified atom stereocenters. The van der Waals surface area contributed by atoms with Gasteiger partial charge in [-0.3, -0.25) is 4.90 Å². The Morgan fingerprint density at radius 1 is 1.26 bits per heavy atom. The predicted octanol–water partition coefficient (Wildman–Crippen LogP) is 2.36. The average molecular weight is 308 g/mol. The van der Waals surface area contributed by atoms with Gasteiger partial charge in [-0.25, -0.2) is 0 Å². The number of aromatic nitrogens is 3. The lowest BCUT2D eigenvalue weighted by Gasteiger charge is -2.22. The molecule has 2 heterocycles. The van der Waals surface area contributed by atoms with Crippen LogP contribution in [0.4, 0.5) is 0 Å². The lowest BCUT2D eigenvalue weighted by molar-refractivity contribution is 0.0409. The minimum atomic E-state index is -0.897. The van der Waals surface area contributed by atoms with E-state index in [2.05, 4.69) is 63.6 Å². The molecule has 0 bridgehead atoms. The highest BCUT2D eigenvalue weighted by Crippen LogP contribution is 2.32. The van der Waals surface area contributed by atoms with Gasteiger partial charge in [0, 0.05) is 19.6 Å². The molecule has 1 aliphatic heterocycles. The number of hydrogen-bond donors (Lipinski definition) is 2. The molecule has 2 aromatic carbocycles. The van der Waals surface area contributed by atoms with Crippen LogP contribution in [0.2, 0.25) is 0 Å². The van der Waals surface area contributed by atoms with Gasteiger partial charge in [0.2, 0.25) is 0 Å². The number of benzene rings is 2. The number of hydrogen-bond acceptors (Lipinski definition) is 4. The van der Waals surface area contributed by atoms with Gasteiger partial charge < -0.3 is 5.11 Å². The Morgan fingerprint density at radius 3 is 2.96 bits per heavy atom. The van der Waals surface area contributed by atoms with Crippen molar-refractivity contribution in [3.63, 3.8) is 0 Å². The molecule has 0 aliphatic carbocycles. The summed E-state index contributed by atoms with van der Waals surface area (Å²) in [7, 11) is 0. The zero-order valence-electron chi connectivity index (χ0n) is 13.2. The number of β-amino-alcohol motifs (C(OH)–C–C–N with tert-alkyl or cyclic N) is 1. The molecule has 1 fully saturated rings. The lowest BCUT2D eigenvalue weighted by Crippen LogP contribution is -2.31. The number of aryl methyl sites for hydroxylation is 1. The number of fused-ring (bicyclic) bond motifs is 1. The number of H-pyrrole nitrogens is 1. The van der Waals surface area contributed by atoms with Crippen LogP contribution in [0.1, 0.15) is 23.2 Å². The fraction of sp³-hybridized carbons (Fsp3) is 0.333. The fourth-order valence-electron chi connectivity index (χ4n) is 3.52. The van der Waals surface area contributed by atoms with Gasteiger partial charge in [0.1, 0.15) is 11.3 Å². The molecule has 0 amide bonds. The van der Waals surface area contributed by atoms with Crippen molar-refractivity contribution >= 4 is 10.8 Å². The average Bonchev–Trinajstić information content (AvgIpc) is 3.21. The Balaban J connectivity index is 1.61. The second-order valence-electron chi connectivity index (χ2n) is 6.43. The number of rotatable bonds is 3. The first-order valence-electron chi connectivity index (χ1n) is 7.94. The summed E-state index contributed by atoms with van der Waals surface area (Å²) in [5.41, 5.74) is 2.37. The van der Waals surface area contributed by atoms with Gasteiger partial charge in [0.25, 0.3) is 0 Å². The van der Waals surface area contributed by atoms with Gasteiger partial charge >= 0.3 is 0 Å². The highest BCUT2D eigenvalue weighted by atomic mass is 16.3. The maximum Gasteiger partial charge on any atom is 0.124 e. The monoisotopic (exact) mass is 308 g/mol. The Bertz CT molecular complexity index is 830. The number of nitrogens with one attached hydrogen (secondary N) is 1. The molecule has 4 rings (SSSR count). The Kier molecular flexibility index (Phi) is 3.39. The molecule has 2 N–H and O–H groups in total. The molecule has 1 atom stereocenters. The second kappa shape index (κ2) is 5.44. The summed E-state index contributed by atoms with van der Waals surface area (Å²) in [6.07, 6.45) is 2.30. The topological polar surface area (TPSA) is 65.0 Å². The van der Waals surface area contributed by atoms with Crippen molar-refractivity contribution in [2.75, 3.05) is 13.1 Å². The van der Waals surface area contributed by atoms with Crippen molar-refractivity contribution in [3.8, 4) is 0 Å². The van der Waals surface area contributed by atoms with Crippen LogP contribution in [-0.2, 0) is 12.1 Å². The van der Waals surface area contributed by atoms with Gasteiger partial charge in [-0.05, 0) is 35.2 Å². The highest BCUT2D eigenvalue weighted by molar-refractivity contribution is 5.86. The summed E-state index contributed by atoms with van der Waals surface area (Å²) in [5, 5.41) is 23.9. The van der Waals surface area contributed by atoms with Gasteiger partial charge in [-0.1, -0.05) is 36.4 Å². The molecule has 0 saturated carbocycles. The lowest BCUT2D eigenvalue weighted by atomic mass is 9.99. The van der Waals surface area contributed by atoms with E-state index in [9.17, 15) is 5.11 Å². The normalized spacial score (nSPS) is 22.0. The van der Waals surface area contributed by atoms with E-state index in [0.717, 1.165) is 13.1 Å². The molecule has 118 valence electrons. The number of likely N-dealkylation sites (tertiary alicyclic amines) is 1. The summed E-state index contributed by atoms with van der Waals surface area (Å²) in [4.78, 5) is 2.30. The van der Waals surface area contributed by atoms with E-state index in [1.54, 1.807) is 6.20 Å². The first-order valence-corrected chi connectivity index (χ1v) is 7.94. The molecule has 1 aliphatic rings. The van der Waals surface area contributed by atoms with Crippen LogP contribution in [-0.4, -0.2) is 38.5 Å². The van der Waals surface area contributed by atoms with Crippen molar-refractivity contribution in [1.29, 1.82) is 0 Å². The Labute approximate surface area is 134 Å². The third-order valence-corrected chi connectivity index (χ3v) is 4.88. The van der Waals surface area contributed by atoms with Crippen LogP contribution in [0.5, 0.6) is 0 Å². The molecular weight excluding hydrogens is 288 g/mol. The van der Waals surface area contributed by atoms with Gasteiger partial charge in [-0.2, -0.15) is 15.4 Å². The standard InChI is InChI=1S/C18H20N4O/c1-13-6-7-14-4-2-3-5-15(14)16(13)11-22-9-8-18(23,12-22)17-10-19-21-20-17/h2-7,10,23H,8-9,11-12H2,1H3,(H,19,20,21)/t18-/m0/s1. The number of nitrogens with zero attached hydrogens (tertiary/aromatic N) is 3. The summed E-state index contributed by atoms with van der Waals surface area (Å²) >= 11 is 0. The maximum absolute atomic E-state index is 10.8. The van der Waals surface area contributed by atoms with Crippen molar-refractivity contribution < 1.29 is 5.11 Å². The van der Waals surface area contributed by atoms with E-state index >= 15 is 0 Å². The van der Waals surface area contributed by atoms with Crippen LogP contribution < -0.4 is 0 Å². The molecule has 0 radical (unpaired) electrons. The van der Waals surface area contributed by atoms with E-state index in [-0.39, 0.29) is 0 Å². The van der Waals surface area contributed by atoms with E-state index in [4.69, 9.17) is 0 Å². The van der Waals surface area contributed by atoms with E-state index in [1.807, 2.05) is 0 Å². The summed E-state index contributed by atoms with van der Waals surface area (Å²) in [6.45, 7) is 4.43. The minimum absolute atomic E-state index is 0.586. The van der Waals surface area contributed by atoms with Crippen molar-refractivity contribution in [2.24, 2.45) is 0 Å². The zero-order valence-corrected chi connectivity index (χ0v) is 13.2. The van der Waals surface area contributed by atoms with E-state index in [1.165, 1.54) is 21.9 Å². The van der Waals surface area contributed by atoms with Gasteiger partial charge in [0.05, 0.1) is 6.20 Å². The number of aliphatic hydroxyl groups is 1. The van der Waals surface area contributed by atoms with Crippen LogP contribution >= 0.6 is 0 Å². The largest absolute Gasteiger partial charge is 0.382 e. The smallest absolute Gasteiger partial charge is 0.124 e. The fourth-order valence-corrected chi connectivity index (χ4v) is 3.52. The minimum Gasteiger partial charge on any atom is -0.382 e. The van der Waals surface area contributed by atoms with E-state index in [0.29, 0.717) is 18.7 Å². The molecule has 0 spiro atoms. The van der Waals surface area contributed by atoms with E-state index < -0.39 is 5.60 Å². The predicted molar refractivity (Wildman–Crippen MR) is 88.9 cm³/mol. The first kappa shape index (κ1) is 14.4. The van der Waals surface area contributed by atoms with Gasteiger partial charge in [0.15, 0.2) is 0 Å². The number of aromatic amines is 1. The highest BCUT2D eigenvalue weighted by Gasteiger charge is 2.39. The quantitative estimate of drug-likeness (QED) is 0.779. The van der Waals surface area contributed by atoms with Crippen LogP contribution in [0.3, 0.4) is 0 Å². The molecular formula is C18H20N4O. The van der Waals surface area contributed by atoms with Crippen molar-refractivity contribution in [3.05, 3.63) is 59.4 Å². The van der Waals surface area contributed by atoms with Crippen LogP contribution in [0.15, 0.2) is 42.6 Å². The molecule has 23 heavy (non-hydrogen) atoms. The maximum atomic E-state index is 10.8. The zero-order chi connectivity index (χ0) is 15.9. The molecule has 5 nitrogen and oxygen atoms in total. The van der Waals surface area contributed by atoms with Crippen molar-refractivity contribution in [2.45, 2.75) is 25.5 Å². The van der Waals surface area contributed by atoms with Gasteiger partial charge in [-0.15, -0.1) is 0 Å². The molecule has 5 heteroatoms. The second-order valence-corrected chi connectivity index (χ2v) is 6.43. The third kappa shape index (κ3) is 2.52. The molecule has 3 aromatic rings. The molecule has 1 aromatic heterocycles. The molecule has 1 saturated heterocycles.